The summed E-state index contributed by atoms with van der Waals surface area (Å²) in [6.45, 7) is 9.32. The zero-order valence-corrected chi connectivity index (χ0v) is 33.8. The van der Waals surface area contributed by atoms with E-state index in [1.165, 1.54) is 35.9 Å². The molecular weight excluding hydrogens is 804 g/mol. The predicted molar refractivity (Wildman–Crippen MR) is 208 cm³/mol. The molecule has 2 bridgehead atoms. The Balaban J connectivity index is 1.12. The van der Waals surface area contributed by atoms with E-state index in [1.54, 1.807) is 6.92 Å². The summed E-state index contributed by atoms with van der Waals surface area (Å²) in [7, 11) is 0. The number of phenolic OH excluding ortho intramolecular Hbond substituents is 2. The van der Waals surface area contributed by atoms with Gasteiger partial charge in [0.1, 0.15) is 36.9 Å². The van der Waals surface area contributed by atoms with E-state index in [2.05, 4.69) is 30.8 Å². The minimum Gasteiger partial charge on any atom is -0.504 e. The maximum Gasteiger partial charge on any atom is 0.350 e. The molecular formula is C36H46FN8O11S2+. The van der Waals surface area contributed by atoms with E-state index in [9.17, 15) is 44.1 Å². The van der Waals surface area contributed by atoms with Crippen molar-refractivity contribution in [3.8, 4) is 11.5 Å². The van der Waals surface area contributed by atoms with E-state index in [0.29, 0.717) is 18.8 Å². The van der Waals surface area contributed by atoms with Crippen molar-refractivity contribution in [1.82, 2.24) is 20.5 Å². The van der Waals surface area contributed by atoms with Gasteiger partial charge in [-0.3, -0.25) is 24.5 Å². The lowest BCUT2D eigenvalue weighted by Crippen LogP contribution is -2.72. The Bertz CT molecular complexity index is 2030. The highest BCUT2D eigenvalue weighted by Crippen LogP contribution is 2.48. The van der Waals surface area contributed by atoms with Crippen molar-refractivity contribution in [3.63, 3.8) is 0 Å². The number of hydrogen-bond donors (Lipinski definition) is 7. The number of β-lactam (4-membered cyclic amide) rings is 1. The number of halogens is 1. The number of aliphatic carboxylic acids is 1. The van der Waals surface area contributed by atoms with Crippen LogP contribution in [0.5, 0.6) is 11.5 Å². The second-order valence-electron chi connectivity index (χ2n) is 15.3. The number of quaternary nitrogens is 1. The highest BCUT2D eigenvalue weighted by atomic mass is 32.2. The van der Waals surface area contributed by atoms with Crippen molar-refractivity contribution in [3.05, 3.63) is 45.9 Å². The molecule has 6 heterocycles. The Morgan fingerprint density at radius 1 is 1.14 bits per heavy atom. The molecule has 1 aromatic carbocycles. The van der Waals surface area contributed by atoms with E-state index < -0.39 is 58.0 Å². The van der Waals surface area contributed by atoms with E-state index >= 15 is 0 Å². The number of benzene rings is 1. The van der Waals surface area contributed by atoms with Crippen LogP contribution in [0.15, 0.2) is 39.1 Å². The fraction of sp³-hybridized carbons (Fsp3) is 0.528. The smallest absolute Gasteiger partial charge is 0.350 e. The molecule has 19 nitrogen and oxygen atoms in total. The molecule has 4 fully saturated rings. The highest BCUT2D eigenvalue weighted by molar-refractivity contribution is 8.00. The van der Waals surface area contributed by atoms with Gasteiger partial charge in [0.15, 0.2) is 33.9 Å². The first-order valence-electron chi connectivity index (χ1n) is 18.5. The van der Waals surface area contributed by atoms with Gasteiger partial charge in [0.25, 0.3) is 17.7 Å². The number of aromatic nitrogens is 1. The predicted octanol–water partition coefficient (Wildman–Crippen LogP) is 1.95. The summed E-state index contributed by atoms with van der Waals surface area (Å²) >= 11 is 2.51. The number of aromatic hydroxyl groups is 2. The quantitative estimate of drug-likeness (QED) is 0.0318. The normalized spacial score (nSPS) is 25.9. The van der Waals surface area contributed by atoms with Crippen LogP contribution in [0.2, 0.25) is 0 Å². The van der Waals surface area contributed by atoms with Crippen molar-refractivity contribution in [2.45, 2.75) is 69.2 Å². The second-order valence-corrected chi connectivity index (χ2v) is 17.6. The van der Waals surface area contributed by atoms with Crippen molar-refractivity contribution >= 4 is 63.3 Å². The Hall–Kier alpha value is -5.03. The SMILES string of the molecule is CCO/N=C(\C(=O)NCC12CC[N+](CC3=C(COO)N4C(=O)[C@@H](NC(=O)/C(=N\OC(C)(C)C(=O)O)c5csc(N)n5)[C@H]4S[C@H]3C)(CC1)CC2)c1cc(O)c(O)c(F)c1. The van der Waals surface area contributed by atoms with Gasteiger partial charge >= 0.3 is 5.97 Å². The number of anilines is 1. The number of nitrogens with one attached hydrogen (secondary N) is 2. The number of fused-ring (bicyclic) bond motifs is 4. The molecule has 0 saturated carbocycles. The molecule has 0 unspecified atom stereocenters. The summed E-state index contributed by atoms with van der Waals surface area (Å²) in [5.41, 5.74) is 4.63. The third-order valence-electron chi connectivity index (χ3n) is 11.2. The van der Waals surface area contributed by atoms with Gasteiger partial charge in [-0.25, -0.2) is 19.1 Å². The molecule has 2 aromatic rings. The lowest BCUT2D eigenvalue weighted by atomic mass is 9.70. The third kappa shape index (κ3) is 8.42. The average molecular weight is 850 g/mol. The fourth-order valence-corrected chi connectivity index (χ4v) is 9.62. The molecule has 0 aliphatic carbocycles. The van der Waals surface area contributed by atoms with Gasteiger partial charge in [-0.1, -0.05) is 10.3 Å². The van der Waals surface area contributed by atoms with Gasteiger partial charge in [0, 0.05) is 53.0 Å². The largest absolute Gasteiger partial charge is 0.504 e. The number of amides is 3. The number of nitrogens with two attached hydrogens (primary N) is 1. The molecule has 5 aliphatic rings. The number of rotatable bonds is 16. The molecule has 7 rings (SSSR count). The van der Waals surface area contributed by atoms with Gasteiger partial charge in [0.05, 0.1) is 25.3 Å². The highest BCUT2D eigenvalue weighted by Gasteiger charge is 2.56. The van der Waals surface area contributed by atoms with E-state index in [-0.39, 0.29) is 51.7 Å². The van der Waals surface area contributed by atoms with Crippen molar-refractivity contribution in [2.24, 2.45) is 15.7 Å². The Morgan fingerprint density at radius 2 is 1.83 bits per heavy atom. The van der Waals surface area contributed by atoms with E-state index in [1.807, 2.05) is 6.92 Å². The number of carboxylic acid groups (broad SMARTS) is 1. The van der Waals surface area contributed by atoms with Crippen LogP contribution in [-0.2, 0) is 33.7 Å². The number of piperidine rings is 3. The lowest BCUT2D eigenvalue weighted by Gasteiger charge is -2.57. The molecule has 0 spiro atoms. The van der Waals surface area contributed by atoms with Crippen LogP contribution in [0.25, 0.3) is 0 Å². The molecule has 3 atom stereocenters. The third-order valence-corrected chi connectivity index (χ3v) is 13.3. The standard InChI is InChI=1S/C36H45FN8O11S2/c1-5-54-42-25(19-12-21(37)28(47)24(46)13-19)29(48)39-17-36-6-9-45(10-7-36,11-8-36)14-20-18(2)58-32-27(31(50)44(32)23(20)15-55-53)41-30(49)26(22-16-57-34(38)40-22)43-56-35(3,4)33(51)52/h12-13,16,18,27,32H,5-11,14-15,17H2,1-4H3,(H7-,38,39,40,41,46,47,48,49,51,52,53)/p+1/b42-25-,43-26-/t18-,27+,32+,36?,45?/m0/s1. The minimum absolute atomic E-state index is 0.0431. The number of hydrogen-bond acceptors (Lipinski definition) is 16. The summed E-state index contributed by atoms with van der Waals surface area (Å²) < 4.78 is 15.0. The van der Waals surface area contributed by atoms with Gasteiger partial charge in [-0.2, -0.15) is 0 Å². The molecule has 1 aromatic heterocycles. The first-order valence-corrected chi connectivity index (χ1v) is 20.3. The number of carbonyl (C=O) groups excluding carboxylic acids is 3. The van der Waals surface area contributed by atoms with Crippen molar-refractivity contribution in [2.75, 3.05) is 51.7 Å². The van der Waals surface area contributed by atoms with Crippen LogP contribution >= 0.6 is 23.1 Å². The summed E-state index contributed by atoms with van der Waals surface area (Å²) in [4.78, 5) is 72.8. The first-order chi connectivity index (χ1) is 27.4. The number of oxime groups is 2. The number of nitrogens with zero attached hydrogens (tertiary/aromatic N) is 5. The summed E-state index contributed by atoms with van der Waals surface area (Å²) in [6.07, 6.45) is 2.34. The van der Waals surface area contributed by atoms with E-state index in [4.69, 9.17) is 15.4 Å². The number of carbonyl (C=O) groups is 4. The van der Waals surface area contributed by atoms with Crippen LogP contribution in [0.4, 0.5) is 9.52 Å². The molecule has 58 heavy (non-hydrogen) atoms. The van der Waals surface area contributed by atoms with Crippen molar-refractivity contribution in [1.29, 1.82) is 0 Å². The van der Waals surface area contributed by atoms with Gasteiger partial charge in [0.2, 0.25) is 5.60 Å². The number of carboxylic acids is 1. The molecule has 4 saturated heterocycles. The molecule has 8 N–H and O–H groups in total. The second kappa shape index (κ2) is 16.7. The average Bonchev–Trinajstić information content (AvgIpc) is 3.62. The number of thioether (sulfide) groups is 1. The number of nitrogen functional groups attached to an aromatic ring is 1. The lowest BCUT2D eigenvalue weighted by molar-refractivity contribution is -0.941. The fourth-order valence-electron chi connectivity index (χ4n) is 7.58. The van der Waals surface area contributed by atoms with E-state index in [0.717, 1.165) is 72.4 Å². The maximum absolute atomic E-state index is 14.2. The van der Waals surface area contributed by atoms with Crippen LogP contribution in [0.3, 0.4) is 0 Å². The Morgan fingerprint density at radius 3 is 2.41 bits per heavy atom. The van der Waals surface area contributed by atoms with Crippen molar-refractivity contribution < 1.29 is 63.2 Å². The van der Waals surface area contributed by atoms with Gasteiger partial charge in [-0.05, 0) is 39.8 Å². The first kappa shape index (κ1) is 42.6. The van der Waals surface area contributed by atoms with Crippen LogP contribution in [0, 0.1) is 11.2 Å². The van der Waals surface area contributed by atoms with Crippen LogP contribution in [0.1, 0.15) is 58.2 Å². The molecule has 314 valence electrons. The molecule has 5 aliphatic heterocycles. The van der Waals surface area contributed by atoms with Crippen LogP contribution in [-0.4, -0.2) is 138 Å². The zero-order chi connectivity index (χ0) is 42.2. The van der Waals surface area contributed by atoms with Gasteiger partial charge in [-0.15, -0.1) is 23.1 Å². The topological polar surface area (TPSA) is 268 Å². The van der Waals surface area contributed by atoms with Gasteiger partial charge < -0.3 is 45.8 Å². The zero-order valence-electron chi connectivity index (χ0n) is 32.2. The number of phenols is 2. The Labute approximate surface area is 340 Å². The Kier molecular flexibility index (Phi) is 12.2. The summed E-state index contributed by atoms with van der Waals surface area (Å²) in [5.74, 6) is -5.98. The summed E-state index contributed by atoms with van der Waals surface area (Å²) in [5, 5.41) is 52.9. The number of thiazole rings is 1. The minimum atomic E-state index is -1.77. The van der Waals surface area contributed by atoms with Crippen LogP contribution < -0.4 is 16.4 Å². The maximum atomic E-state index is 14.2. The molecule has 3 amide bonds. The molecule has 22 heteroatoms. The monoisotopic (exact) mass is 849 g/mol. The molecule has 0 radical (unpaired) electrons. The summed E-state index contributed by atoms with van der Waals surface area (Å²) in [6, 6.07) is 0.945.